The molecule has 8 N–H and O–H groups in total. The number of hydrogen-bond acceptors (Lipinski definition) is 12. The molecular weight excluding hydrogens is 879 g/mol. The van der Waals surface area contributed by atoms with Gasteiger partial charge in [0.05, 0.1) is 23.2 Å². The second-order valence-electron chi connectivity index (χ2n) is 17.4. The predicted molar refractivity (Wildman–Crippen MR) is 251 cm³/mol. The molecule has 0 bridgehead atoms. The Balaban J connectivity index is 0.818. The van der Waals surface area contributed by atoms with Gasteiger partial charge < -0.3 is 37.1 Å². The molecule has 3 fully saturated rings. The summed E-state index contributed by atoms with van der Waals surface area (Å²) in [6.07, 6.45) is 3.18. The fourth-order valence-corrected chi connectivity index (χ4v) is 9.00. The van der Waals surface area contributed by atoms with Crippen LogP contribution in [0.1, 0.15) is 86.3 Å². The van der Waals surface area contributed by atoms with Crippen LogP contribution >= 0.6 is 0 Å². The van der Waals surface area contributed by atoms with Crippen LogP contribution in [0.15, 0.2) is 77.8 Å². The van der Waals surface area contributed by atoms with Crippen molar-refractivity contribution in [1.29, 1.82) is 0 Å². The number of piperidine rings is 1. The number of ether oxygens (including phenoxy) is 1. The molecule has 0 aliphatic carbocycles. The Kier molecular flexibility index (Phi) is 14.7. The van der Waals surface area contributed by atoms with Crippen LogP contribution in [0.3, 0.4) is 0 Å². The molecule has 68 heavy (non-hydrogen) atoms. The fourth-order valence-electron chi connectivity index (χ4n) is 9.00. The van der Waals surface area contributed by atoms with Gasteiger partial charge in [0.25, 0.3) is 17.7 Å². The number of nitrogens with zero attached hydrogens (tertiary/aromatic N) is 4. The first-order valence-electron chi connectivity index (χ1n) is 22.8. The quantitative estimate of drug-likeness (QED) is 0.0309. The van der Waals surface area contributed by atoms with Crippen LogP contribution in [0, 0.1) is 11.6 Å². The van der Waals surface area contributed by atoms with E-state index in [1.807, 2.05) is 12.1 Å². The minimum absolute atomic E-state index is 0.0430. The van der Waals surface area contributed by atoms with Crippen LogP contribution in [0.5, 0.6) is 0 Å². The standard InChI is InChI=1S/C49H54F2N10O7/c50-31-23-30(24-32(51)26-31)22-29-6-9-38(52)37(25-29)45(53)58-46(64)35-8-7-34(27-40(35)56-33-12-20-68-21-13-33)60-18-16-59(17-19-60)28-43(63)55-15-2-1-14-54-39-5-3-4-36-44(39)49(67)61(48(36)66)41-10-11-42(62)57-47(41)65/h3-9,23-27,33,41,54,56H,1-2,10-22,28,52H2,(H,55,63)(H2,53,58,64)(H,57,62,65). The third kappa shape index (κ3) is 11.1. The average molecular weight is 933 g/mol. The van der Waals surface area contributed by atoms with Crippen molar-refractivity contribution >= 4 is 64.0 Å². The average Bonchev–Trinajstić information content (AvgIpc) is 3.57. The molecule has 4 aliphatic heterocycles. The van der Waals surface area contributed by atoms with Crippen molar-refractivity contribution in [3.05, 3.63) is 118 Å². The summed E-state index contributed by atoms with van der Waals surface area (Å²) in [5.74, 6) is -4.35. The number of aliphatic imine (C=N–C) groups is 1. The lowest BCUT2D eigenvalue weighted by Gasteiger charge is -2.36. The van der Waals surface area contributed by atoms with Gasteiger partial charge in [0, 0.05) is 99.3 Å². The van der Waals surface area contributed by atoms with E-state index in [0.717, 1.165) is 29.5 Å². The minimum Gasteiger partial charge on any atom is -0.398 e. The van der Waals surface area contributed by atoms with Crippen molar-refractivity contribution in [3.8, 4) is 0 Å². The van der Waals surface area contributed by atoms with Crippen molar-refractivity contribution in [2.24, 2.45) is 10.7 Å². The first-order chi connectivity index (χ1) is 32.8. The number of nitrogens with one attached hydrogen (secondary N) is 4. The van der Waals surface area contributed by atoms with Gasteiger partial charge in [-0.3, -0.25) is 43.9 Å². The predicted octanol–water partition coefficient (Wildman–Crippen LogP) is 3.81. The number of anilines is 4. The highest BCUT2D eigenvalue weighted by atomic mass is 19.1. The van der Waals surface area contributed by atoms with E-state index in [-0.39, 0.29) is 54.7 Å². The molecule has 6 amide bonds. The van der Waals surface area contributed by atoms with Gasteiger partial charge in [-0.1, -0.05) is 12.1 Å². The molecule has 0 aromatic heterocycles. The molecule has 0 spiro atoms. The largest absolute Gasteiger partial charge is 0.398 e. The summed E-state index contributed by atoms with van der Waals surface area (Å²) >= 11 is 0. The summed E-state index contributed by atoms with van der Waals surface area (Å²) in [4.78, 5) is 86.9. The van der Waals surface area contributed by atoms with Crippen LogP contribution in [0.2, 0.25) is 0 Å². The maximum Gasteiger partial charge on any atom is 0.281 e. The Bertz CT molecular complexity index is 2630. The Morgan fingerprint density at radius 2 is 1.56 bits per heavy atom. The number of amidine groups is 1. The highest BCUT2D eigenvalue weighted by Crippen LogP contribution is 2.33. The number of rotatable bonds is 16. The summed E-state index contributed by atoms with van der Waals surface area (Å²) in [7, 11) is 0. The van der Waals surface area contributed by atoms with Gasteiger partial charge in [-0.25, -0.2) is 8.78 Å². The topological polar surface area (TPSA) is 234 Å². The third-order valence-corrected chi connectivity index (χ3v) is 12.6. The molecule has 8 rings (SSSR count). The van der Waals surface area contributed by atoms with E-state index < -0.39 is 47.2 Å². The molecule has 0 radical (unpaired) electrons. The van der Waals surface area contributed by atoms with Crippen LogP contribution < -0.4 is 37.6 Å². The van der Waals surface area contributed by atoms with Gasteiger partial charge in [-0.05, 0) is 104 Å². The number of benzene rings is 4. The number of nitrogen functional groups attached to an aromatic ring is 1. The molecule has 0 saturated carbocycles. The lowest BCUT2D eigenvalue weighted by Crippen LogP contribution is -2.54. The Morgan fingerprint density at radius 3 is 2.31 bits per heavy atom. The maximum atomic E-state index is 13.9. The van der Waals surface area contributed by atoms with Gasteiger partial charge in [0.2, 0.25) is 17.7 Å². The summed E-state index contributed by atoms with van der Waals surface area (Å²) in [6, 6.07) is 17.8. The second kappa shape index (κ2) is 21.1. The molecule has 4 aromatic carbocycles. The van der Waals surface area contributed by atoms with E-state index in [1.165, 1.54) is 12.1 Å². The lowest BCUT2D eigenvalue weighted by molar-refractivity contribution is -0.136. The monoisotopic (exact) mass is 932 g/mol. The molecule has 4 heterocycles. The Hall–Kier alpha value is -7.25. The maximum absolute atomic E-state index is 13.9. The number of piperazine rings is 1. The summed E-state index contributed by atoms with van der Waals surface area (Å²) in [5, 5.41) is 12.0. The number of amides is 6. The Labute approximate surface area is 391 Å². The van der Waals surface area contributed by atoms with E-state index in [1.54, 1.807) is 42.5 Å². The van der Waals surface area contributed by atoms with Crippen molar-refractivity contribution in [1.82, 2.24) is 20.4 Å². The summed E-state index contributed by atoms with van der Waals surface area (Å²) in [6.45, 7) is 4.93. The van der Waals surface area contributed by atoms with Gasteiger partial charge >= 0.3 is 0 Å². The summed E-state index contributed by atoms with van der Waals surface area (Å²) < 4.78 is 33.3. The molecular formula is C49H54F2N10O7. The highest BCUT2D eigenvalue weighted by Gasteiger charge is 2.45. The number of fused-ring (bicyclic) bond motifs is 1. The molecule has 356 valence electrons. The molecule has 19 heteroatoms. The van der Waals surface area contributed by atoms with Crippen molar-refractivity contribution in [2.75, 3.05) is 80.3 Å². The van der Waals surface area contributed by atoms with E-state index >= 15 is 0 Å². The van der Waals surface area contributed by atoms with Crippen LogP contribution in [-0.4, -0.2) is 122 Å². The van der Waals surface area contributed by atoms with Crippen molar-refractivity contribution in [3.63, 3.8) is 0 Å². The van der Waals surface area contributed by atoms with E-state index in [2.05, 4.69) is 36.1 Å². The number of unbranched alkanes of at least 4 members (excludes halogenated alkanes) is 1. The molecule has 4 aromatic rings. The normalized spacial score (nSPS) is 18.1. The second-order valence-corrected chi connectivity index (χ2v) is 17.4. The molecule has 3 saturated heterocycles. The minimum atomic E-state index is -1.04. The fraction of sp³-hybridized carbons (Fsp3) is 0.367. The zero-order chi connectivity index (χ0) is 47.9. The van der Waals surface area contributed by atoms with Crippen molar-refractivity contribution in [2.45, 2.75) is 57.0 Å². The van der Waals surface area contributed by atoms with Gasteiger partial charge in [-0.15, -0.1) is 0 Å². The zero-order valence-electron chi connectivity index (χ0n) is 37.5. The number of nitrogens with two attached hydrogens (primary N) is 2. The number of carbonyl (C=O) groups excluding carboxylic acids is 6. The first-order valence-corrected chi connectivity index (χ1v) is 22.8. The smallest absolute Gasteiger partial charge is 0.281 e. The summed E-state index contributed by atoms with van der Waals surface area (Å²) in [5.41, 5.74) is 17.1. The Morgan fingerprint density at radius 1 is 0.809 bits per heavy atom. The number of halogens is 2. The molecule has 17 nitrogen and oxygen atoms in total. The van der Waals surface area contributed by atoms with Crippen LogP contribution in [0.4, 0.5) is 31.5 Å². The molecule has 1 unspecified atom stereocenters. The lowest BCUT2D eigenvalue weighted by atomic mass is 10.0. The van der Waals surface area contributed by atoms with Gasteiger partial charge in [0.15, 0.2) is 0 Å². The SMILES string of the molecule is NC(=NC(=O)c1ccc(N2CCN(CC(=O)NCCCCNc3cccc4c3C(=O)N(C3CCC(=O)NC3=O)C4=O)CC2)cc1NC1CCOCC1)c1cc(Cc2cc(F)cc(F)c2)ccc1N. The number of imide groups is 2. The number of carbonyl (C=O) groups is 6. The zero-order valence-corrected chi connectivity index (χ0v) is 37.5. The van der Waals surface area contributed by atoms with E-state index in [4.69, 9.17) is 16.2 Å². The van der Waals surface area contributed by atoms with Crippen molar-refractivity contribution < 1.29 is 42.3 Å². The first kappa shape index (κ1) is 47.3. The molecule has 4 aliphatic rings. The van der Waals surface area contributed by atoms with Gasteiger partial charge in [0.1, 0.15) is 23.5 Å². The van der Waals surface area contributed by atoms with Crippen LogP contribution in [0.25, 0.3) is 0 Å². The van der Waals surface area contributed by atoms with Crippen LogP contribution in [-0.2, 0) is 25.5 Å². The van der Waals surface area contributed by atoms with E-state index in [0.29, 0.717) is 105 Å². The molecule has 1 atom stereocenters. The number of hydrogen-bond donors (Lipinski definition) is 6. The third-order valence-electron chi connectivity index (χ3n) is 12.6. The highest BCUT2D eigenvalue weighted by molar-refractivity contribution is 6.25. The van der Waals surface area contributed by atoms with Gasteiger partial charge in [-0.2, -0.15) is 4.99 Å². The van der Waals surface area contributed by atoms with E-state index in [9.17, 15) is 37.5 Å².